The van der Waals surface area contributed by atoms with E-state index in [1.807, 2.05) is 6.07 Å². The summed E-state index contributed by atoms with van der Waals surface area (Å²) < 4.78 is 5.31. The Morgan fingerprint density at radius 3 is 2.93 bits per heavy atom. The minimum absolute atomic E-state index is 0.0110. The maximum absolute atomic E-state index is 5.69. The molecular formula is C10H15ClN2O. The maximum atomic E-state index is 5.69. The first-order valence-corrected chi connectivity index (χ1v) is 5.25. The van der Waals surface area contributed by atoms with Gasteiger partial charge in [0.25, 0.3) is 0 Å². The number of hydrogen-bond acceptors (Lipinski definition) is 3. The highest BCUT2D eigenvalue weighted by Gasteiger charge is 2.12. The summed E-state index contributed by atoms with van der Waals surface area (Å²) in [5, 5.41) is 0. The van der Waals surface area contributed by atoms with E-state index in [4.69, 9.17) is 16.3 Å². The monoisotopic (exact) mass is 214 g/mol. The van der Waals surface area contributed by atoms with Crippen LogP contribution in [0.2, 0.25) is 0 Å². The summed E-state index contributed by atoms with van der Waals surface area (Å²) in [5.74, 6) is 1.14. The van der Waals surface area contributed by atoms with Crippen molar-refractivity contribution in [3.63, 3.8) is 0 Å². The summed E-state index contributed by atoms with van der Waals surface area (Å²) in [7, 11) is 1.68. The predicted octanol–water partition coefficient (Wildman–Crippen LogP) is 2.70. The van der Waals surface area contributed by atoms with E-state index in [0.717, 1.165) is 24.4 Å². The molecule has 0 radical (unpaired) electrons. The average Bonchev–Trinajstić information content (AvgIpc) is 2.26. The summed E-state index contributed by atoms with van der Waals surface area (Å²) in [4.78, 5) is 8.50. The number of aromatic nitrogens is 2. The molecule has 0 fully saturated rings. The number of alkyl halides is 1. The molecule has 0 bridgehead atoms. The minimum atomic E-state index is -0.0110. The predicted molar refractivity (Wildman–Crippen MR) is 56.2 cm³/mol. The summed E-state index contributed by atoms with van der Waals surface area (Å²) in [6.07, 6.45) is 3.69. The number of methoxy groups -OCH3 is 1. The lowest BCUT2D eigenvalue weighted by atomic mass is 10.2. The van der Waals surface area contributed by atoms with E-state index in [2.05, 4.69) is 16.9 Å². The van der Waals surface area contributed by atoms with Gasteiger partial charge in [-0.25, -0.2) is 9.97 Å². The Labute approximate surface area is 89.5 Å². The van der Waals surface area contributed by atoms with Crippen LogP contribution in [0.25, 0.3) is 0 Å². The molecule has 0 saturated carbocycles. The van der Waals surface area contributed by atoms with Gasteiger partial charge >= 0.3 is 0 Å². The molecule has 14 heavy (non-hydrogen) atoms. The molecule has 1 aromatic rings. The van der Waals surface area contributed by atoms with Crippen molar-refractivity contribution in [2.75, 3.05) is 7.11 Å². The second-order valence-corrected chi connectivity index (χ2v) is 3.32. The fourth-order valence-electron chi connectivity index (χ4n) is 1.26. The zero-order valence-corrected chi connectivity index (χ0v) is 9.29. The van der Waals surface area contributed by atoms with Gasteiger partial charge in [0.2, 0.25) is 0 Å². The molecule has 4 heteroatoms. The van der Waals surface area contributed by atoms with Crippen molar-refractivity contribution in [2.24, 2.45) is 0 Å². The third-order valence-corrected chi connectivity index (χ3v) is 2.27. The third kappa shape index (κ3) is 2.93. The molecule has 78 valence electrons. The SMILES string of the molecule is CCCC(OC)c1nccc(CCl)n1. The summed E-state index contributed by atoms with van der Waals surface area (Å²) in [6.45, 7) is 2.11. The Bertz CT molecular complexity index is 281. The van der Waals surface area contributed by atoms with Gasteiger partial charge in [0.1, 0.15) is 6.10 Å². The molecule has 1 aromatic heterocycles. The highest BCUT2D eigenvalue weighted by Crippen LogP contribution is 2.18. The quantitative estimate of drug-likeness (QED) is 0.707. The molecular weight excluding hydrogens is 200 g/mol. The van der Waals surface area contributed by atoms with Crippen molar-refractivity contribution in [2.45, 2.75) is 31.7 Å². The summed E-state index contributed by atoms with van der Waals surface area (Å²) >= 11 is 5.69. The smallest absolute Gasteiger partial charge is 0.157 e. The molecule has 0 aliphatic rings. The van der Waals surface area contributed by atoms with Crippen LogP contribution in [0, 0.1) is 0 Å². The van der Waals surface area contributed by atoms with Crippen LogP contribution in [0.4, 0.5) is 0 Å². The second-order valence-electron chi connectivity index (χ2n) is 3.05. The van der Waals surface area contributed by atoms with Gasteiger partial charge in [-0.15, -0.1) is 11.6 Å². The molecule has 1 unspecified atom stereocenters. The first-order valence-electron chi connectivity index (χ1n) is 4.72. The van der Waals surface area contributed by atoms with E-state index in [1.165, 1.54) is 0 Å². The average molecular weight is 215 g/mol. The van der Waals surface area contributed by atoms with Gasteiger partial charge in [-0.3, -0.25) is 0 Å². The molecule has 0 saturated heterocycles. The highest BCUT2D eigenvalue weighted by atomic mass is 35.5. The number of rotatable bonds is 5. The van der Waals surface area contributed by atoms with Crippen molar-refractivity contribution < 1.29 is 4.74 Å². The van der Waals surface area contributed by atoms with Crippen molar-refractivity contribution in [1.29, 1.82) is 0 Å². The summed E-state index contributed by atoms with van der Waals surface area (Å²) in [6, 6.07) is 1.81. The molecule has 1 heterocycles. The van der Waals surface area contributed by atoms with Crippen LogP contribution >= 0.6 is 11.6 Å². The maximum Gasteiger partial charge on any atom is 0.157 e. The fraction of sp³-hybridized carbons (Fsp3) is 0.600. The lowest BCUT2D eigenvalue weighted by molar-refractivity contribution is 0.0874. The first kappa shape index (κ1) is 11.4. The molecule has 0 aromatic carbocycles. The van der Waals surface area contributed by atoms with Gasteiger partial charge in [0, 0.05) is 13.3 Å². The molecule has 1 atom stereocenters. The van der Waals surface area contributed by atoms with Gasteiger partial charge < -0.3 is 4.74 Å². The van der Waals surface area contributed by atoms with Crippen molar-refractivity contribution >= 4 is 11.6 Å². The Hall–Kier alpha value is -0.670. The first-order chi connectivity index (χ1) is 6.81. The van der Waals surface area contributed by atoms with Crippen molar-refractivity contribution in [3.05, 3.63) is 23.8 Å². The largest absolute Gasteiger partial charge is 0.373 e. The molecule has 1 rings (SSSR count). The van der Waals surface area contributed by atoms with Crippen LogP contribution in [0.15, 0.2) is 12.3 Å². The van der Waals surface area contributed by atoms with Crippen LogP contribution in [0.1, 0.15) is 37.4 Å². The van der Waals surface area contributed by atoms with Gasteiger partial charge in [-0.1, -0.05) is 13.3 Å². The molecule has 0 amide bonds. The van der Waals surface area contributed by atoms with E-state index < -0.39 is 0 Å². The van der Waals surface area contributed by atoms with Crippen molar-refractivity contribution in [1.82, 2.24) is 9.97 Å². The number of hydrogen-bond donors (Lipinski definition) is 0. The van der Waals surface area contributed by atoms with E-state index >= 15 is 0 Å². The van der Waals surface area contributed by atoms with Gasteiger partial charge in [-0.05, 0) is 12.5 Å². The number of ether oxygens (including phenoxy) is 1. The Morgan fingerprint density at radius 2 is 2.36 bits per heavy atom. The zero-order chi connectivity index (χ0) is 10.4. The van der Waals surface area contributed by atoms with Gasteiger partial charge in [0.15, 0.2) is 5.82 Å². The minimum Gasteiger partial charge on any atom is -0.373 e. The molecule has 0 aliphatic heterocycles. The van der Waals surface area contributed by atoms with E-state index in [9.17, 15) is 0 Å². The topological polar surface area (TPSA) is 35.0 Å². The second kappa shape index (κ2) is 5.94. The Balaban J connectivity index is 2.80. The van der Waals surface area contributed by atoms with Crippen molar-refractivity contribution in [3.8, 4) is 0 Å². The molecule has 3 nitrogen and oxygen atoms in total. The third-order valence-electron chi connectivity index (χ3n) is 1.99. The highest BCUT2D eigenvalue weighted by molar-refractivity contribution is 6.16. The number of halogens is 1. The van der Waals surface area contributed by atoms with Crippen LogP contribution in [0.5, 0.6) is 0 Å². The van der Waals surface area contributed by atoms with E-state index in [1.54, 1.807) is 13.3 Å². The van der Waals surface area contributed by atoms with Crippen LogP contribution in [-0.2, 0) is 10.6 Å². The summed E-state index contributed by atoms with van der Waals surface area (Å²) in [5.41, 5.74) is 0.842. The van der Waals surface area contributed by atoms with Crippen LogP contribution in [-0.4, -0.2) is 17.1 Å². The van der Waals surface area contributed by atoms with Crippen LogP contribution < -0.4 is 0 Å². The fourth-order valence-corrected chi connectivity index (χ4v) is 1.41. The van der Waals surface area contributed by atoms with Gasteiger partial charge in [-0.2, -0.15) is 0 Å². The van der Waals surface area contributed by atoms with Gasteiger partial charge in [0.05, 0.1) is 11.6 Å². The van der Waals surface area contributed by atoms with E-state index in [0.29, 0.717) is 5.88 Å². The standard InChI is InChI=1S/C10H15ClN2O/c1-3-4-9(14-2)10-12-6-5-8(7-11)13-10/h5-6,9H,3-4,7H2,1-2H3. The Kier molecular flexibility index (Phi) is 4.84. The lowest BCUT2D eigenvalue weighted by Crippen LogP contribution is -2.07. The Morgan fingerprint density at radius 1 is 1.57 bits per heavy atom. The molecule has 0 spiro atoms. The van der Waals surface area contributed by atoms with E-state index in [-0.39, 0.29) is 6.10 Å². The molecule has 0 aliphatic carbocycles. The van der Waals surface area contributed by atoms with Crippen LogP contribution in [0.3, 0.4) is 0 Å². The zero-order valence-electron chi connectivity index (χ0n) is 8.53. The molecule has 0 N–H and O–H groups in total. The lowest BCUT2D eigenvalue weighted by Gasteiger charge is -2.12. The normalized spacial score (nSPS) is 12.8. The number of nitrogens with zero attached hydrogens (tertiary/aromatic N) is 2.